The van der Waals surface area contributed by atoms with Crippen LogP contribution in [0.5, 0.6) is 0 Å². The van der Waals surface area contributed by atoms with E-state index < -0.39 is 5.83 Å². The minimum absolute atomic E-state index is 0.0906. The van der Waals surface area contributed by atoms with Crippen LogP contribution in [0.3, 0.4) is 0 Å². The predicted molar refractivity (Wildman–Crippen MR) is 43.6 cm³/mol. The first-order valence-electron chi connectivity index (χ1n) is 2.81. The summed E-state index contributed by atoms with van der Waals surface area (Å²) in [7, 11) is 0. The predicted octanol–water partition coefficient (Wildman–Crippen LogP) is 3.06. The molecule has 0 rings (SSSR count). The van der Waals surface area contributed by atoms with Gasteiger partial charge in [-0.3, -0.25) is 0 Å². The van der Waals surface area contributed by atoms with Crippen molar-refractivity contribution < 1.29 is 4.39 Å². The van der Waals surface area contributed by atoms with E-state index in [0.717, 1.165) is 0 Å². The second-order valence-electron chi connectivity index (χ2n) is 2.00. The molecule has 1 nitrogen and oxygen atoms in total. The average molecular weight is 172 g/mol. The molecule has 3 heteroatoms. The third-order valence-corrected chi connectivity index (χ3v) is 1.36. The molecule has 0 saturated carbocycles. The first-order chi connectivity index (χ1) is 5.00. The van der Waals surface area contributed by atoms with Crippen molar-refractivity contribution in [3.8, 4) is 6.07 Å². The highest BCUT2D eigenvalue weighted by Crippen LogP contribution is 2.22. The van der Waals surface area contributed by atoms with Crippen LogP contribution >= 0.6 is 11.6 Å². The molecule has 0 unspecified atom stereocenters. The summed E-state index contributed by atoms with van der Waals surface area (Å²) in [6.07, 6.45) is 0. The number of allylic oxidation sites excluding steroid dienone is 4. The summed E-state index contributed by atoms with van der Waals surface area (Å²) in [5.41, 5.74) is 0.0959. The summed E-state index contributed by atoms with van der Waals surface area (Å²) < 4.78 is 12.8. The van der Waals surface area contributed by atoms with E-state index in [1.807, 2.05) is 0 Å². The number of hydrogen-bond acceptors (Lipinski definition) is 1. The fourth-order valence-electron chi connectivity index (χ4n) is 0.369. The maximum Gasteiger partial charge on any atom is 0.145 e. The van der Waals surface area contributed by atoms with Crippen molar-refractivity contribution in [2.45, 2.75) is 6.92 Å². The highest BCUT2D eigenvalue weighted by atomic mass is 35.5. The molecular formula is C8H7ClFN. The lowest BCUT2D eigenvalue weighted by Crippen LogP contribution is -1.83. The summed E-state index contributed by atoms with van der Waals surface area (Å²) in [5, 5.41) is 8.01. The average Bonchev–Trinajstić information content (AvgIpc) is 2.00. The van der Waals surface area contributed by atoms with Crippen LogP contribution in [0, 0.1) is 11.3 Å². The van der Waals surface area contributed by atoms with Gasteiger partial charge in [0, 0.05) is 0 Å². The van der Waals surface area contributed by atoms with Gasteiger partial charge in [-0.05, 0) is 12.5 Å². The molecule has 0 atom stereocenters. The molecule has 0 aromatic carbocycles. The Kier molecular flexibility index (Phi) is 3.56. The largest absolute Gasteiger partial charge is 0.205 e. The number of halogens is 2. The maximum atomic E-state index is 12.8. The van der Waals surface area contributed by atoms with Crippen molar-refractivity contribution in [2.75, 3.05) is 0 Å². The highest BCUT2D eigenvalue weighted by molar-refractivity contribution is 6.32. The molecule has 0 amide bonds. The molecule has 0 bridgehead atoms. The molecule has 0 aromatic rings. The Balaban J connectivity index is 4.85. The maximum absolute atomic E-state index is 12.8. The summed E-state index contributed by atoms with van der Waals surface area (Å²) in [6, 6.07) is 1.64. The molecule has 0 N–H and O–H groups in total. The Morgan fingerprint density at radius 2 is 2.00 bits per heavy atom. The van der Waals surface area contributed by atoms with Crippen molar-refractivity contribution >= 4 is 11.6 Å². The molecule has 0 spiro atoms. The normalized spacial score (nSPS) is 11.5. The van der Waals surface area contributed by atoms with Gasteiger partial charge in [-0.1, -0.05) is 24.8 Å². The summed E-state index contributed by atoms with van der Waals surface area (Å²) >= 11 is 5.40. The quantitative estimate of drug-likeness (QED) is 0.463. The zero-order chi connectivity index (χ0) is 9.02. The number of hydrogen-bond donors (Lipinski definition) is 0. The van der Waals surface area contributed by atoms with Crippen LogP contribution in [0.25, 0.3) is 0 Å². The second-order valence-corrected chi connectivity index (χ2v) is 2.38. The molecule has 0 fully saturated rings. The van der Waals surface area contributed by atoms with Crippen molar-refractivity contribution in [1.82, 2.24) is 0 Å². The molecule has 0 saturated heterocycles. The van der Waals surface area contributed by atoms with Gasteiger partial charge in [-0.15, -0.1) is 0 Å². The van der Waals surface area contributed by atoms with Gasteiger partial charge in [-0.25, -0.2) is 4.39 Å². The van der Waals surface area contributed by atoms with Crippen molar-refractivity contribution in [2.24, 2.45) is 0 Å². The topological polar surface area (TPSA) is 23.8 Å². The first kappa shape index (κ1) is 9.93. The van der Waals surface area contributed by atoms with E-state index in [2.05, 4.69) is 13.2 Å². The van der Waals surface area contributed by atoms with Crippen LogP contribution in [-0.2, 0) is 0 Å². The van der Waals surface area contributed by atoms with E-state index in [4.69, 9.17) is 16.9 Å². The summed E-state index contributed by atoms with van der Waals surface area (Å²) in [4.78, 5) is 0. The minimum Gasteiger partial charge on any atom is -0.205 e. The second kappa shape index (κ2) is 3.95. The number of rotatable bonds is 2. The standard InChI is InChI=1S/C8H7ClFN/c1-5(2)8(10)7(9)6(3)4-11/h1,3H2,2H3/b8-7-. The Morgan fingerprint density at radius 3 is 2.27 bits per heavy atom. The van der Waals surface area contributed by atoms with E-state index in [9.17, 15) is 4.39 Å². The molecule has 0 radical (unpaired) electrons. The lowest BCUT2D eigenvalue weighted by atomic mass is 10.2. The zero-order valence-corrected chi connectivity index (χ0v) is 6.87. The van der Waals surface area contributed by atoms with E-state index in [0.29, 0.717) is 0 Å². The van der Waals surface area contributed by atoms with Crippen LogP contribution < -0.4 is 0 Å². The van der Waals surface area contributed by atoms with E-state index in [1.165, 1.54) is 6.92 Å². The Morgan fingerprint density at radius 1 is 1.55 bits per heavy atom. The fraction of sp³-hybridized carbons (Fsp3) is 0.125. The van der Waals surface area contributed by atoms with Crippen LogP contribution in [0.2, 0.25) is 0 Å². The van der Waals surface area contributed by atoms with E-state index >= 15 is 0 Å². The SMILES string of the molecule is C=C(C)/C(F)=C(/Cl)C(=C)C#N. The Labute approximate surface area is 70.1 Å². The summed E-state index contributed by atoms with van der Waals surface area (Å²) in [5.74, 6) is -0.682. The molecule has 0 heterocycles. The molecular weight excluding hydrogens is 165 g/mol. The molecule has 0 aliphatic rings. The molecule has 0 aliphatic heterocycles. The van der Waals surface area contributed by atoms with E-state index in [-0.39, 0.29) is 16.2 Å². The van der Waals surface area contributed by atoms with Crippen LogP contribution in [0.15, 0.2) is 35.2 Å². The summed E-state index contributed by atoms with van der Waals surface area (Å²) in [6.45, 7) is 8.03. The van der Waals surface area contributed by atoms with Gasteiger partial charge in [0.25, 0.3) is 0 Å². The van der Waals surface area contributed by atoms with Crippen molar-refractivity contribution in [3.63, 3.8) is 0 Å². The van der Waals surface area contributed by atoms with Gasteiger partial charge >= 0.3 is 0 Å². The van der Waals surface area contributed by atoms with Crippen LogP contribution in [0.4, 0.5) is 4.39 Å². The molecule has 11 heavy (non-hydrogen) atoms. The third-order valence-electron chi connectivity index (χ3n) is 0.967. The lowest BCUT2D eigenvalue weighted by Gasteiger charge is -1.97. The van der Waals surface area contributed by atoms with Crippen LogP contribution in [0.1, 0.15) is 6.92 Å². The third kappa shape index (κ3) is 2.57. The lowest BCUT2D eigenvalue weighted by molar-refractivity contribution is 0.649. The zero-order valence-electron chi connectivity index (χ0n) is 6.12. The number of nitrogens with zero attached hydrogens (tertiary/aromatic N) is 1. The smallest absolute Gasteiger partial charge is 0.145 e. The van der Waals surface area contributed by atoms with Gasteiger partial charge in [0.05, 0.1) is 10.6 Å². The van der Waals surface area contributed by atoms with Crippen molar-refractivity contribution in [3.05, 3.63) is 35.2 Å². The Bertz CT molecular complexity index is 270. The molecule has 0 aliphatic carbocycles. The highest BCUT2D eigenvalue weighted by Gasteiger charge is 2.07. The minimum atomic E-state index is -0.682. The van der Waals surface area contributed by atoms with Gasteiger partial charge in [-0.2, -0.15) is 5.26 Å². The molecule has 58 valence electrons. The van der Waals surface area contributed by atoms with Crippen molar-refractivity contribution in [1.29, 1.82) is 5.26 Å². The van der Waals surface area contributed by atoms with Gasteiger partial charge in [0.2, 0.25) is 0 Å². The van der Waals surface area contributed by atoms with Crippen LogP contribution in [-0.4, -0.2) is 0 Å². The van der Waals surface area contributed by atoms with Gasteiger partial charge in [0.15, 0.2) is 0 Å². The first-order valence-corrected chi connectivity index (χ1v) is 3.19. The van der Waals surface area contributed by atoms with E-state index in [1.54, 1.807) is 6.07 Å². The fourth-order valence-corrected chi connectivity index (χ4v) is 0.572. The molecule has 0 aromatic heterocycles. The Hall–Kier alpha value is -1.07. The van der Waals surface area contributed by atoms with Gasteiger partial charge < -0.3 is 0 Å². The van der Waals surface area contributed by atoms with Gasteiger partial charge in [0.1, 0.15) is 11.9 Å². The number of nitriles is 1. The monoisotopic (exact) mass is 171 g/mol.